The first-order valence-electron chi connectivity index (χ1n) is 7.88. The van der Waals surface area contributed by atoms with Crippen molar-refractivity contribution in [1.82, 2.24) is 4.31 Å². The second-order valence-corrected chi connectivity index (χ2v) is 6.86. The van der Waals surface area contributed by atoms with Crippen molar-refractivity contribution >= 4 is 23.4 Å². The summed E-state index contributed by atoms with van der Waals surface area (Å²) < 4.78 is 39.6. The Kier molecular flexibility index (Phi) is 5.34. The zero-order valence-electron chi connectivity index (χ0n) is 13.4. The standard InChI is InChI=1S/C18H17F3N2OS/c19-18(20,21)17(24)14-6-8-15(9-7-14)22-10-12-23(13-11-22)25-16-4-2-1-3-5-16/h1-9H,10-13H2. The van der Waals surface area contributed by atoms with Gasteiger partial charge in [0.1, 0.15) is 0 Å². The number of Topliss-reactive ketones (excluding diaryl/α,β-unsaturated/α-hetero) is 1. The van der Waals surface area contributed by atoms with Crippen LogP contribution in [0, 0.1) is 0 Å². The molecule has 132 valence electrons. The summed E-state index contributed by atoms with van der Waals surface area (Å²) in [6, 6.07) is 15.8. The van der Waals surface area contributed by atoms with E-state index in [2.05, 4.69) is 21.3 Å². The molecular weight excluding hydrogens is 349 g/mol. The molecule has 0 atom stereocenters. The summed E-state index contributed by atoms with van der Waals surface area (Å²) in [7, 11) is 0. The molecule has 1 aliphatic rings. The number of ketones is 1. The molecule has 1 saturated heterocycles. The molecule has 0 saturated carbocycles. The molecule has 0 aromatic heterocycles. The maximum Gasteiger partial charge on any atom is 0.454 e. The molecule has 25 heavy (non-hydrogen) atoms. The van der Waals surface area contributed by atoms with E-state index in [-0.39, 0.29) is 5.56 Å². The molecule has 1 heterocycles. The Balaban J connectivity index is 1.57. The van der Waals surface area contributed by atoms with Crippen LogP contribution in [0.4, 0.5) is 18.9 Å². The minimum Gasteiger partial charge on any atom is -0.369 e. The molecule has 1 fully saturated rings. The van der Waals surface area contributed by atoms with Crippen molar-refractivity contribution in [3.63, 3.8) is 0 Å². The molecular formula is C18H17F3N2OS. The smallest absolute Gasteiger partial charge is 0.369 e. The number of alkyl halides is 3. The van der Waals surface area contributed by atoms with Crippen LogP contribution in [0.1, 0.15) is 10.4 Å². The number of nitrogens with zero attached hydrogens (tertiary/aromatic N) is 2. The third-order valence-electron chi connectivity index (χ3n) is 3.97. The van der Waals surface area contributed by atoms with Crippen LogP contribution in [0.25, 0.3) is 0 Å². The van der Waals surface area contributed by atoms with Crippen molar-refractivity contribution in [2.24, 2.45) is 0 Å². The Morgan fingerprint density at radius 1 is 0.880 bits per heavy atom. The molecule has 2 aromatic rings. The normalized spacial score (nSPS) is 16.0. The Labute approximate surface area is 148 Å². The van der Waals surface area contributed by atoms with Crippen LogP contribution in [-0.2, 0) is 0 Å². The maximum atomic E-state index is 12.4. The van der Waals surface area contributed by atoms with Gasteiger partial charge in [0.2, 0.25) is 0 Å². The summed E-state index contributed by atoms with van der Waals surface area (Å²) in [6.07, 6.45) is -4.83. The summed E-state index contributed by atoms with van der Waals surface area (Å²) in [5, 5.41) is 0. The number of anilines is 1. The van der Waals surface area contributed by atoms with E-state index in [9.17, 15) is 18.0 Å². The highest BCUT2D eigenvalue weighted by Gasteiger charge is 2.39. The molecule has 0 N–H and O–H groups in total. The second-order valence-electron chi connectivity index (χ2n) is 5.69. The monoisotopic (exact) mass is 366 g/mol. The Morgan fingerprint density at radius 3 is 2.04 bits per heavy atom. The first-order valence-corrected chi connectivity index (χ1v) is 8.65. The summed E-state index contributed by atoms with van der Waals surface area (Å²) in [5.41, 5.74) is 0.512. The number of piperazine rings is 1. The van der Waals surface area contributed by atoms with Crippen LogP contribution < -0.4 is 4.90 Å². The largest absolute Gasteiger partial charge is 0.454 e. The minimum absolute atomic E-state index is 0.325. The van der Waals surface area contributed by atoms with Gasteiger partial charge in [0.25, 0.3) is 5.78 Å². The van der Waals surface area contributed by atoms with Gasteiger partial charge in [-0.15, -0.1) is 0 Å². The highest BCUT2D eigenvalue weighted by molar-refractivity contribution is 7.97. The molecule has 3 nitrogen and oxygen atoms in total. The van der Waals surface area contributed by atoms with Crippen molar-refractivity contribution in [3.05, 3.63) is 60.2 Å². The summed E-state index contributed by atoms with van der Waals surface area (Å²) in [4.78, 5) is 14.5. The van der Waals surface area contributed by atoms with Crippen molar-refractivity contribution in [3.8, 4) is 0 Å². The quantitative estimate of drug-likeness (QED) is 0.596. The van der Waals surface area contributed by atoms with Crippen molar-refractivity contribution < 1.29 is 18.0 Å². The topological polar surface area (TPSA) is 23.6 Å². The van der Waals surface area contributed by atoms with E-state index in [1.807, 2.05) is 18.2 Å². The SMILES string of the molecule is O=C(c1ccc(N2CCN(Sc3ccccc3)CC2)cc1)C(F)(F)F. The van der Waals surface area contributed by atoms with Crippen LogP contribution in [0.5, 0.6) is 0 Å². The average molecular weight is 366 g/mol. The fourth-order valence-corrected chi connectivity index (χ4v) is 3.58. The third kappa shape index (κ3) is 4.55. The molecule has 0 amide bonds. The van der Waals surface area contributed by atoms with Gasteiger partial charge in [0.05, 0.1) is 0 Å². The average Bonchev–Trinajstić information content (AvgIpc) is 2.62. The van der Waals surface area contributed by atoms with Gasteiger partial charge in [-0.05, 0) is 48.3 Å². The van der Waals surface area contributed by atoms with E-state index >= 15 is 0 Å². The van der Waals surface area contributed by atoms with Crippen LogP contribution in [0.3, 0.4) is 0 Å². The number of carbonyl (C=O) groups excluding carboxylic acids is 1. The third-order valence-corrected chi connectivity index (χ3v) is 5.07. The number of carbonyl (C=O) groups is 1. The van der Waals surface area contributed by atoms with Crippen molar-refractivity contribution in [2.75, 3.05) is 31.1 Å². The number of halogens is 3. The maximum absolute atomic E-state index is 12.4. The van der Waals surface area contributed by atoms with Crippen molar-refractivity contribution in [1.29, 1.82) is 0 Å². The molecule has 0 aliphatic carbocycles. The van der Waals surface area contributed by atoms with Gasteiger partial charge in [0.15, 0.2) is 0 Å². The predicted molar refractivity (Wildman–Crippen MR) is 92.9 cm³/mol. The van der Waals surface area contributed by atoms with E-state index in [1.54, 1.807) is 24.1 Å². The fraction of sp³-hybridized carbons (Fsp3) is 0.278. The highest BCUT2D eigenvalue weighted by Crippen LogP contribution is 2.27. The molecule has 2 aromatic carbocycles. The molecule has 1 aliphatic heterocycles. The van der Waals surface area contributed by atoms with Gasteiger partial charge in [-0.2, -0.15) is 13.2 Å². The van der Waals surface area contributed by atoms with Gasteiger partial charge in [-0.3, -0.25) is 4.79 Å². The lowest BCUT2D eigenvalue weighted by atomic mass is 10.1. The van der Waals surface area contributed by atoms with E-state index in [4.69, 9.17) is 0 Å². The lowest BCUT2D eigenvalue weighted by Crippen LogP contribution is -2.43. The Morgan fingerprint density at radius 2 is 1.48 bits per heavy atom. The Bertz CT molecular complexity index is 711. The minimum atomic E-state index is -4.83. The molecule has 0 spiro atoms. The number of benzene rings is 2. The number of hydrogen-bond acceptors (Lipinski definition) is 4. The van der Waals surface area contributed by atoms with E-state index < -0.39 is 12.0 Å². The molecule has 0 unspecified atom stereocenters. The zero-order valence-corrected chi connectivity index (χ0v) is 14.2. The Hall–Kier alpha value is -1.99. The highest BCUT2D eigenvalue weighted by atomic mass is 32.2. The van der Waals surface area contributed by atoms with E-state index in [1.165, 1.54) is 17.0 Å². The van der Waals surface area contributed by atoms with Crippen molar-refractivity contribution in [2.45, 2.75) is 11.1 Å². The molecule has 7 heteroatoms. The predicted octanol–water partition coefficient (Wildman–Crippen LogP) is 4.26. The van der Waals surface area contributed by atoms with Crippen LogP contribution in [-0.4, -0.2) is 42.4 Å². The second kappa shape index (κ2) is 7.49. The summed E-state index contributed by atoms with van der Waals surface area (Å²) >= 11 is 1.71. The molecule has 0 radical (unpaired) electrons. The fourth-order valence-electron chi connectivity index (χ4n) is 2.66. The molecule has 3 rings (SSSR count). The van der Waals surface area contributed by atoms with E-state index in [0.717, 1.165) is 31.9 Å². The van der Waals surface area contributed by atoms with Crippen LogP contribution in [0.15, 0.2) is 59.5 Å². The number of hydrogen-bond donors (Lipinski definition) is 0. The molecule has 0 bridgehead atoms. The van der Waals surface area contributed by atoms with Gasteiger partial charge < -0.3 is 4.90 Å². The first-order chi connectivity index (χ1) is 11.9. The first kappa shape index (κ1) is 17.8. The van der Waals surface area contributed by atoms with Gasteiger partial charge in [0, 0.05) is 42.3 Å². The summed E-state index contributed by atoms with van der Waals surface area (Å²) in [5.74, 6) is -1.80. The van der Waals surface area contributed by atoms with Gasteiger partial charge in [-0.25, -0.2) is 4.31 Å². The number of rotatable bonds is 4. The zero-order chi connectivity index (χ0) is 17.9. The lowest BCUT2D eigenvalue weighted by Gasteiger charge is -2.35. The van der Waals surface area contributed by atoms with Gasteiger partial charge in [-0.1, -0.05) is 18.2 Å². The van der Waals surface area contributed by atoms with Crippen LogP contribution in [0.2, 0.25) is 0 Å². The van der Waals surface area contributed by atoms with E-state index in [0.29, 0.717) is 0 Å². The lowest BCUT2D eigenvalue weighted by molar-refractivity contribution is -0.0885. The van der Waals surface area contributed by atoms with Crippen LogP contribution >= 0.6 is 11.9 Å². The van der Waals surface area contributed by atoms with Gasteiger partial charge >= 0.3 is 6.18 Å². The summed E-state index contributed by atoms with van der Waals surface area (Å²) in [6.45, 7) is 3.27.